The molecule has 154 valence electrons. The third-order valence-corrected chi connectivity index (χ3v) is 5.13. The fraction of sp³-hybridized carbons (Fsp3) is 0.227. The van der Waals surface area contributed by atoms with Crippen molar-refractivity contribution in [2.75, 3.05) is 18.6 Å². The molecule has 1 aromatic heterocycles. The van der Waals surface area contributed by atoms with E-state index in [0.29, 0.717) is 24.4 Å². The van der Waals surface area contributed by atoms with Gasteiger partial charge < -0.3 is 20.4 Å². The van der Waals surface area contributed by atoms with Gasteiger partial charge >= 0.3 is 6.03 Å². The summed E-state index contributed by atoms with van der Waals surface area (Å²) < 4.78 is 5.09. The quantitative estimate of drug-likeness (QED) is 0.524. The van der Waals surface area contributed by atoms with E-state index in [1.54, 1.807) is 24.3 Å². The van der Waals surface area contributed by atoms with Crippen LogP contribution in [0.15, 0.2) is 54.7 Å². The van der Waals surface area contributed by atoms with Crippen LogP contribution in [0.2, 0.25) is 0 Å². The Morgan fingerprint density at radius 3 is 2.67 bits per heavy atom. The number of hydrogen-bond donors (Lipinski definition) is 3. The van der Waals surface area contributed by atoms with Crippen LogP contribution in [0.25, 0.3) is 10.9 Å². The predicted molar refractivity (Wildman–Crippen MR) is 112 cm³/mol. The molecule has 3 aromatic rings. The second-order valence-electron chi connectivity index (χ2n) is 7.04. The maximum atomic E-state index is 12.6. The number of methoxy groups -OCH3 is 1. The number of rotatable bonds is 7. The fourth-order valence-electron chi connectivity index (χ4n) is 3.58. The van der Waals surface area contributed by atoms with Crippen LogP contribution in [0.4, 0.5) is 10.5 Å². The molecule has 1 saturated heterocycles. The van der Waals surface area contributed by atoms with Gasteiger partial charge in [-0.2, -0.15) is 0 Å². The molecular formula is C22H22N4O4. The van der Waals surface area contributed by atoms with Gasteiger partial charge in [-0.25, -0.2) is 9.69 Å². The van der Waals surface area contributed by atoms with Crippen molar-refractivity contribution in [1.82, 2.24) is 15.6 Å². The van der Waals surface area contributed by atoms with E-state index < -0.39 is 18.0 Å². The number of amides is 4. The maximum absolute atomic E-state index is 12.6. The number of nitrogens with zero attached hydrogens (tertiary/aromatic N) is 1. The number of anilines is 1. The number of carbonyl (C=O) groups excluding carboxylic acids is 3. The van der Waals surface area contributed by atoms with Crippen molar-refractivity contribution in [2.45, 2.75) is 18.9 Å². The summed E-state index contributed by atoms with van der Waals surface area (Å²) in [4.78, 5) is 41.5. The Hall–Kier alpha value is -3.81. The lowest BCUT2D eigenvalue weighted by molar-refractivity contribution is -0.125. The highest BCUT2D eigenvalue weighted by Crippen LogP contribution is 2.23. The standard InChI is InChI=1S/C22H22N4O4/c1-30-16-8-6-15(7-9-16)26-21(28)19(25-22(26)29)12-20(27)23-11-10-14-13-24-18-5-3-2-4-17(14)18/h2-9,13,19,24H,10-12H2,1H3,(H,23,27)(H,25,29)/t19-/m1/s1. The highest BCUT2D eigenvalue weighted by molar-refractivity contribution is 6.22. The molecule has 4 rings (SSSR count). The number of imide groups is 1. The Kier molecular flexibility index (Phi) is 5.38. The fourth-order valence-corrected chi connectivity index (χ4v) is 3.58. The summed E-state index contributed by atoms with van der Waals surface area (Å²) >= 11 is 0. The van der Waals surface area contributed by atoms with Crippen molar-refractivity contribution < 1.29 is 19.1 Å². The number of benzene rings is 2. The SMILES string of the molecule is COc1ccc(N2C(=O)N[C@H](CC(=O)NCCc3c[nH]c4ccccc34)C2=O)cc1. The molecule has 0 saturated carbocycles. The first-order valence-electron chi connectivity index (χ1n) is 9.67. The second-order valence-corrected chi connectivity index (χ2v) is 7.04. The molecule has 0 radical (unpaired) electrons. The number of para-hydroxylation sites is 1. The Labute approximate surface area is 173 Å². The first-order valence-corrected chi connectivity index (χ1v) is 9.67. The largest absolute Gasteiger partial charge is 0.497 e. The zero-order valence-corrected chi connectivity index (χ0v) is 16.5. The lowest BCUT2D eigenvalue weighted by Gasteiger charge is -2.13. The maximum Gasteiger partial charge on any atom is 0.329 e. The third kappa shape index (κ3) is 3.84. The van der Waals surface area contributed by atoms with Crippen LogP contribution in [0.3, 0.4) is 0 Å². The molecule has 0 aliphatic carbocycles. The molecule has 2 aromatic carbocycles. The van der Waals surface area contributed by atoms with Gasteiger partial charge in [0.2, 0.25) is 5.91 Å². The highest BCUT2D eigenvalue weighted by Gasteiger charge is 2.40. The number of aromatic amines is 1. The van der Waals surface area contributed by atoms with Gasteiger partial charge in [0.1, 0.15) is 11.8 Å². The monoisotopic (exact) mass is 406 g/mol. The summed E-state index contributed by atoms with van der Waals surface area (Å²) in [5, 5.41) is 6.53. The number of urea groups is 1. The van der Waals surface area contributed by atoms with Crippen LogP contribution in [0, 0.1) is 0 Å². The molecular weight excluding hydrogens is 384 g/mol. The van der Waals surface area contributed by atoms with Crippen LogP contribution < -0.4 is 20.3 Å². The van der Waals surface area contributed by atoms with Gasteiger partial charge in [0.25, 0.3) is 5.91 Å². The van der Waals surface area contributed by atoms with Crippen molar-refractivity contribution >= 4 is 34.4 Å². The van der Waals surface area contributed by atoms with Crippen LogP contribution in [-0.4, -0.2) is 42.5 Å². The first-order chi connectivity index (χ1) is 14.6. The minimum atomic E-state index is -0.882. The summed E-state index contributed by atoms with van der Waals surface area (Å²) in [5.74, 6) is -0.112. The van der Waals surface area contributed by atoms with Crippen LogP contribution in [0.1, 0.15) is 12.0 Å². The lowest BCUT2D eigenvalue weighted by atomic mass is 10.1. The van der Waals surface area contributed by atoms with Gasteiger partial charge in [-0.1, -0.05) is 18.2 Å². The van der Waals surface area contributed by atoms with Gasteiger partial charge in [-0.3, -0.25) is 9.59 Å². The average Bonchev–Trinajstić information content (AvgIpc) is 3.29. The molecule has 1 fully saturated rings. The van der Waals surface area contributed by atoms with E-state index in [9.17, 15) is 14.4 Å². The summed E-state index contributed by atoms with van der Waals surface area (Å²) in [5.41, 5.74) is 2.60. The second kappa shape index (κ2) is 8.28. The van der Waals surface area contributed by atoms with Crippen LogP contribution >= 0.6 is 0 Å². The third-order valence-electron chi connectivity index (χ3n) is 5.13. The van der Waals surface area contributed by atoms with Crippen molar-refractivity contribution in [3.8, 4) is 5.75 Å². The minimum absolute atomic E-state index is 0.106. The smallest absolute Gasteiger partial charge is 0.329 e. The molecule has 30 heavy (non-hydrogen) atoms. The molecule has 3 N–H and O–H groups in total. The molecule has 0 spiro atoms. The van der Waals surface area contributed by atoms with E-state index in [1.807, 2.05) is 30.5 Å². The Bertz CT molecular complexity index is 1090. The van der Waals surface area contributed by atoms with E-state index in [2.05, 4.69) is 15.6 Å². The molecule has 2 heterocycles. The van der Waals surface area contributed by atoms with Gasteiger partial charge in [0.15, 0.2) is 0 Å². The average molecular weight is 406 g/mol. The van der Waals surface area contributed by atoms with Gasteiger partial charge in [-0.05, 0) is 42.3 Å². The van der Waals surface area contributed by atoms with E-state index in [0.717, 1.165) is 21.4 Å². The number of hydrogen-bond acceptors (Lipinski definition) is 4. The number of nitrogens with one attached hydrogen (secondary N) is 3. The van der Waals surface area contributed by atoms with Gasteiger partial charge in [0.05, 0.1) is 19.2 Å². The Morgan fingerprint density at radius 1 is 1.13 bits per heavy atom. The van der Waals surface area contributed by atoms with E-state index >= 15 is 0 Å². The van der Waals surface area contributed by atoms with Gasteiger partial charge in [0, 0.05) is 23.6 Å². The summed E-state index contributed by atoms with van der Waals surface area (Å²) in [6.45, 7) is 0.442. The Balaban J connectivity index is 1.32. The molecule has 0 unspecified atom stereocenters. The Morgan fingerprint density at radius 2 is 1.90 bits per heavy atom. The summed E-state index contributed by atoms with van der Waals surface area (Å²) in [7, 11) is 1.54. The number of ether oxygens (including phenoxy) is 1. The van der Waals surface area contributed by atoms with Crippen molar-refractivity contribution in [2.24, 2.45) is 0 Å². The number of aromatic nitrogens is 1. The normalized spacial score (nSPS) is 16.0. The first kappa shape index (κ1) is 19.5. The molecule has 1 atom stereocenters. The zero-order chi connectivity index (χ0) is 21.1. The van der Waals surface area contributed by atoms with E-state index in [4.69, 9.17) is 4.74 Å². The molecule has 1 aliphatic heterocycles. The number of H-pyrrole nitrogens is 1. The van der Waals surface area contributed by atoms with Crippen LogP contribution in [0.5, 0.6) is 5.75 Å². The molecule has 0 bridgehead atoms. The molecule has 4 amide bonds. The number of carbonyl (C=O) groups is 3. The van der Waals surface area contributed by atoms with Crippen LogP contribution in [-0.2, 0) is 16.0 Å². The van der Waals surface area contributed by atoms with Crippen molar-refractivity contribution in [3.05, 3.63) is 60.3 Å². The van der Waals surface area contributed by atoms with Gasteiger partial charge in [-0.15, -0.1) is 0 Å². The number of fused-ring (bicyclic) bond motifs is 1. The summed E-state index contributed by atoms with van der Waals surface area (Å²) in [6.07, 6.45) is 2.49. The van der Waals surface area contributed by atoms with Crippen molar-refractivity contribution in [3.63, 3.8) is 0 Å². The zero-order valence-electron chi connectivity index (χ0n) is 16.5. The molecule has 8 nitrogen and oxygen atoms in total. The lowest BCUT2D eigenvalue weighted by Crippen LogP contribution is -2.37. The highest BCUT2D eigenvalue weighted by atomic mass is 16.5. The van der Waals surface area contributed by atoms with E-state index in [1.165, 1.54) is 7.11 Å². The summed E-state index contributed by atoms with van der Waals surface area (Å²) in [6, 6.07) is 13.1. The predicted octanol–water partition coefficient (Wildman–Crippen LogP) is 2.35. The molecule has 1 aliphatic rings. The van der Waals surface area contributed by atoms with E-state index in [-0.39, 0.29) is 12.3 Å². The molecule has 8 heteroatoms. The topological polar surface area (TPSA) is 104 Å². The van der Waals surface area contributed by atoms with Crippen molar-refractivity contribution in [1.29, 1.82) is 0 Å². The minimum Gasteiger partial charge on any atom is -0.497 e.